The number of aliphatic hydroxyl groups is 1. The Hall–Kier alpha value is -3.08. The molecule has 0 saturated heterocycles. The van der Waals surface area contributed by atoms with Gasteiger partial charge in [-0.25, -0.2) is 0 Å². The van der Waals surface area contributed by atoms with Gasteiger partial charge in [-0.3, -0.25) is 9.59 Å². The van der Waals surface area contributed by atoms with Crippen molar-refractivity contribution in [1.82, 2.24) is 0 Å². The molecule has 2 aromatic carbocycles. The molecule has 2 aromatic rings. The van der Waals surface area contributed by atoms with Crippen LogP contribution in [0.4, 0.5) is 11.4 Å². The number of carbonyl (C=O) groups excluding carboxylic acids is 2. The molecule has 2 amide bonds. The highest BCUT2D eigenvalue weighted by atomic mass is 16.3. The number of hydrogen-bond donors (Lipinski definition) is 2. The van der Waals surface area contributed by atoms with E-state index >= 15 is 0 Å². The molecule has 0 fully saturated rings. The van der Waals surface area contributed by atoms with Gasteiger partial charge in [0.1, 0.15) is 11.3 Å². The lowest BCUT2D eigenvalue weighted by atomic mass is 10.2. The van der Waals surface area contributed by atoms with E-state index in [0.717, 1.165) is 5.56 Å². The lowest BCUT2D eigenvalue weighted by Crippen LogP contribution is -2.30. The maximum atomic E-state index is 12.5. The molecule has 0 aromatic heterocycles. The van der Waals surface area contributed by atoms with E-state index < -0.39 is 11.8 Å². The van der Waals surface area contributed by atoms with Crippen LogP contribution in [0.25, 0.3) is 0 Å². The summed E-state index contributed by atoms with van der Waals surface area (Å²) in [6.07, 6.45) is 0. The molecule has 23 heavy (non-hydrogen) atoms. The number of anilines is 2. The third-order valence-corrected chi connectivity index (χ3v) is 3.66. The third-order valence-electron chi connectivity index (χ3n) is 3.66. The van der Waals surface area contributed by atoms with E-state index in [-0.39, 0.29) is 17.9 Å². The molecule has 0 bridgehead atoms. The van der Waals surface area contributed by atoms with Crippen LogP contribution in [0, 0.1) is 6.92 Å². The Labute approximate surface area is 133 Å². The molecule has 116 valence electrons. The van der Waals surface area contributed by atoms with Crippen molar-refractivity contribution in [2.75, 3.05) is 16.8 Å². The molecule has 3 rings (SSSR count). The molecule has 0 spiro atoms. The van der Waals surface area contributed by atoms with Crippen molar-refractivity contribution in [3.05, 3.63) is 71.5 Å². The number of amides is 2. The highest BCUT2D eigenvalue weighted by Crippen LogP contribution is 2.25. The van der Waals surface area contributed by atoms with Crippen LogP contribution in [0.15, 0.2) is 65.9 Å². The van der Waals surface area contributed by atoms with Gasteiger partial charge in [0, 0.05) is 11.4 Å². The van der Waals surface area contributed by atoms with Gasteiger partial charge in [0.05, 0.1) is 6.54 Å². The molecular formula is C18H16N2O3. The summed E-state index contributed by atoms with van der Waals surface area (Å²) in [6, 6.07) is 16.1. The standard InChI is InChI=1S/C18H16N2O3/c1-12-7-9-14(10-8-12)20-11-15(21)16(18(20)23)17(22)19-13-5-3-2-4-6-13/h2-10,21H,11H2,1H3,(H,19,22). The summed E-state index contributed by atoms with van der Waals surface area (Å²) in [4.78, 5) is 26.2. The predicted octanol–water partition coefficient (Wildman–Crippen LogP) is 2.79. The minimum absolute atomic E-state index is 0.000558. The van der Waals surface area contributed by atoms with Crippen LogP contribution >= 0.6 is 0 Å². The molecule has 0 aliphatic carbocycles. The number of aliphatic hydroxyl groups excluding tert-OH is 1. The van der Waals surface area contributed by atoms with E-state index in [0.29, 0.717) is 11.4 Å². The van der Waals surface area contributed by atoms with Crippen LogP contribution in [0.1, 0.15) is 5.56 Å². The molecule has 5 heteroatoms. The maximum absolute atomic E-state index is 12.5. The summed E-state index contributed by atoms with van der Waals surface area (Å²) in [6.45, 7) is 1.95. The third kappa shape index (κ3) is 2.94. The first kappa shape index (κ1) is 14.8. The van der Waals surface area contributed by atoms with Gasteiger partial charge in [0.15, 0.2) is 0 Å². The van der Waals surface area contributed by atoms with E-state index in [2.05, 4.69) is 5.32 Å². The van der Waals surface area contributed by atoms with Gasteiger partial charge in [0.25, 0.3) is 11.8 Å². The van der Waals surface area contributed by atoms with Crippen molar-refractivity contribution in [3.63, 3.8) is 0 Å². The van der Waals surface area contributed by atoms with Gasteiger partial charge < -0.3 is 15.3 Å². The number of nitrogens with zero attached hydrogens (tertiary/aromatic N) is 1. The molecular weight excluding hydrogens is 292 g/mol. The largest absolute Gasteiger partial charge is 0.509 e. The number of aryl methyl sites for hydroxylation is 1. The fourth-order valence-electron chi connectivity index (χ4n) is 2.44. The minimum Gasteiger partial charge on any atom is -0.509 e. The zero-order chi connectivity index (χ0) is 16.4. The summed E-state index contributed by atoms with van der Waals surface area (Å²) < 4.78 is 0. The zero-order valence-corrected chi connectivity index (χ0v) is 12.6. The lowest BCUT2D eigenvalue weighted by molar-refractivity contribution is -0.119. The minimum atomic E-state index is -0.603. The van der Waals surface area contributed by atoms with Crippen LogP contribution in [0.2, 0.25) is 0 Å². The Balaban J connectivity index is 1.80. The Morgan fingerprint density at radius 1 is 1.09 bits per heavy atom. The zero-order valence-electron chi connectivity index (χ0n) is 12.6. The first-order chi connectivity index (χ1) is 11.1. The van der Waals surface area contributed by atoms with Crippen LogP contribution in [0.3, 0.4) is 0 Å². The monoisotopic (exact) mass is 308 g/mol. The smallest absolute Gasteiger partial charge is 0.267 e. The fourth-order valence-corrected chi connectivity index (χ4v) is 2.44. The van der Waals surface area contributed by atoms with Crippen molar-refractivity contribution in [3.8, 4) is 0 Å². The van der Waals surface area contributed by atoms with Crippen molar-refractivity contribution in [2.24, 2.45) is 0 Å². The summed E-state index contributed by atoms with van der Waals surface area (Å²) in [5, 5.41) is 12.7. The second kappa shape index (κ2) is 5.96. The molecule has 1 aliphatic rings. The average molecular weight is 308 g/mol. The number of rotatable bonds is 3. The SMILES string of the molecule is Cc1ccc(N2CC(O)=C(C(=O)Nc3ccccc3)C2=O)cc1. The second-order valence-corrected chi connectivity index (χ2v) is 5.37. The van der Waals surface area contributed by atoms with Gasteiger partial charge in [-0.15, -0.1) is 0 Å². The van der Waals surface area contributed by atoms with Gasteiger partial charge >= 0.3 is 0 Å². The van der Waals surface area contributed by atoms with Gasteiger partial charge in [0.2, 0.25) is 0 Å². The quantitative estimate of drug-likeness (QED) is 0.857. The summed E-state index contributed by atoms with van der Waals surface area (Å²) in [5.74, 6) is -1.32. The van der Waals surface area contributed by atoms with Gasteiger partial charge in [-0.1, -0.05) is 35.9 Å². The van der Waals surface area contributed by atoms with E-state index in [4.69, 9.17) is 0 Å². The summed E-state index contributed by atoms with van der Waals surface area (Å²) in [5.41, 5.74) is 2.07. The molecule has 0 unspecified atom stereocenters. The first-order valence-corrected chi connectivity index (χ1v) is 7.23. The maximum Gasteiger partial charge on any atom is 0.267 e. The van der Waals surface area contributed by atoms with Gasteiger partial charge in [-0.2, -0.15) is 0 Å². The van der Waals surface area contributed by atoms with Crippen molar-refractivity contribution >= 4 is 23.2 Å². The second-order valence-electron chi connectivity index (χ2n) is 5.37. The van der Waals surface area contributed by atoms with E-state index in [1.165, 1.54) is 4.90 Å². The normalized spacial score (nSPS) is 14.3. The van der Waals surface area contributed by atoms with Crippen LogP contribution in [0.5, 0.6) is 0 Å². The first-order valence-electron chi connectivity index (χ1n) is 7.23. The Morgan fingerprint density at radius 3 is 2.39 bits per heavy atom. The highest BCUT2D eigenvalue weighted by molar-refractivity contribution is 6.29. The van der Waals surface area contributed by atoms with Crippen LogP contribution in [-0.4, -0.2) is 23.5 Å². The van der Waals surface area contributed by atoms with Crippen molar-refractivity contribution in [2.45, 2.75) is 6.92 Å². The highest BCUT2D eigenvalue weighted by Gasteiger charge is 2.35. The average Bonchev–Trinajstić information content (AvgIpc) is 2.84. The lowest BCUT2D eigenvalue weighted by Gasteiger charge is -2.16. The number of benzene rings is 2. The summed E-state index contributed by atoms with van der Waals surface area (Å²) >= 11 is 0. The molecule has 1 heterocycles. The number of carbonyl (C=O) groups is 2. The molecule has 2 N–H and O–H groups in total. The Kier molecular flexibility index (Phi) is 3.85. The summed E-state index contributed by atoms with van der Waals surface area (Å²) in [7, 11) is 0. The molecule has 0 radical (unpaired) electrons. The topological polar surface area (TPSA) is 69.6 Å². The fraction of sp³-hybridized carbons (Fsp3) is 0.111. The number of hydrogen-bond acceptors (Lipinski definition) is 3. The van der Waals surface area contributed by atoms with Crippen LogP contribution < -0.4 is 10.2 Å². The molecule has 1 aliphatic heterocycles. The number of para-hydroxylation sites is 1. The predicted molar refractivity (Wildman–Crippen MR) is 88.3 cm³/mol. The van der Waals surface area contributed by atoms with E-state index in [1.54, 1.807) is 36.4 Å². The molecule has 0 saturated carbocycles. The van der Waals surface area contributed by atoms with E-state index in [9.17, 15) is 14.7 Å². The van der Waals surface area contributed by atoms with Crippen molar-refractivity contribution in [1.29, 1.82) is 0 Å². The van der Waals surface area contributed by atoms with Crippen LogP contribution in [-0.2, 0) is 9.59 Å². The Morgan fingerprint density at radius 2 is 1.74 bits per heavy atom. The molecule has 5 nitrogen and oxygen atoms in total. The molecule has 0 atom stereocenters. The number of nitrogens with one attached hydrogen (secondary N) is 1. The Bertz CT molecular complexity index is 780. The van der Waals surface area contributed by atoms with Gasteiger partial charge in [-0.05, 0) is 31.2 Å². The van der Waals surface area contributed by atoms with Crippen molar-refractivity contribution < 1.29 is 14.7 Å². The van der Waals surface area contributed by atoms with E-state index in [1.807, 2.05) is 25.1 Å².